The quantitative estimate of drug-likeness (QED) is 0.865. The zero-order valence-corrected chi connectivity index (χ0v) is 13.6. The zero-order chi connectivity index (χ0) is 16.9. The summed E-state index contributed by atoms with van der Waals surface area (Å²) in [5.74, 6) is 0.290. The Hall–Kier alpha value is -2.28. The smallest absolute Gasteiger partial charge is 0.243 e. The summed E-state index contributed by atoms with van der Waals surface area (Å²) in [5.41, 5.74) is 0.505. The Labute approximate surface area is 143 Å². The summed E-state index contributed by atoms with van der Waals surface area (Å²) in [6, 6.07) is 9.33. The van der Waals surface area contributed by atoms with E-state index in [4.69, 9.17) is 4.42 Å². The predicted molar refractivity (Wildman–Crippen MR) is 88.8 cm³/mol. The number of rotatable bonds is 5. The minimum Gasteiger partial charge on any atom is -0.467 e. The molecule has 1 saturated heterocycles. The van der Waals surface area contributed by atoms with E-state index in [-0.39, 0.29) is 24.2 Å². The summed E-state index contributed by atoms with van der Waals surface area (Å²) >= 11 is 1.37. The second-order valence-electron chi connectivity index (χ2n) is 5.48. The van der Waals surface area contributed by atoms with Crippen LogP contribution in [0.5, 0.6) is 0 Å². The van der Waals surface area contributed by atoms with Crippen LogP contribution >= 0.6 is 11.8 Å². The fourth-order valence-electron chi connectivity index (χ4n) is 2.46. The first-order valence-corrected chi connectivity index (χ1v) is 8.64. The van der Waals surface area contributed by atoms with Crippen molar-refractivity contribution in [2.45, 2.75) is 24.3 Å². The van der Waals surface area contributed by atoms with Gasteiger partial charge in [0.15, 0.2) is 0 Å². The molecular weight excluding hydrogens is 331 g/mol. The number of furan rings is 1. The van der Waals surface area contributed by atoms with Gasteiger partial charge >= 0.3 is 0 Å². The summed E-state index contributed by atoms with van der Waals surface area (Å²) in [7, 11) is 0. The molecule has 126 valence electrons. The number of hydrogen-bond donors (Lipinski definition) is 2. The molecule has 2 heterocycles. The monoisotopic (exact) mass is 348 g/mol. The fourth-order valence-corrected chi connectivity index (χ4v) is 3.64. The highest BCUT2D eigenvalue weighted by Crippen LogP contribution is 2.23. The van der Waals surface area contributed by atoms with E-state index < -0.39 is 11.3 Å². The van der Waals surface area contributed by atoms with Crippen molar-refractivity contribution < 1.29 is 18.4 Å². The van der Waals surface area contributed by atoms with Crippen molar-refractivity contribution in [3.05, 3.63) is 59.8 Å². The second-order valence-corrected chi connectivity index (χ2v) is 6.71. The summed E-state index contributed by atoms with van der Waals surface area (Å²) in [6.07, 6.45) is 1.84. The van der Waals surface area contributed by atoms with Gasteiger partial charge in [0.2, 0.25) is 11.8 Å². The lowest BCUT2D eigenvalue weighted by molar-refractivity contribution is -0.128. The molecule has 1 aromatic heterocycles. The van der Waals surface area contributed by atoms with Crippen LogP contribution in [0.3, 0.4) is 0 Å². The number of halogens is 1. The number of carbonyl (C=O) groups is 2. The van der Waals surface area contributed by atoms with Gasteiger partial charge in [0, 0.05) is 5.75 Å². The molecule has 2 atom stereocenters. The number of amides is 2. The molecule has 0 bridgehead atoms. The molecule has 3 rings (SSSR count). The van der Waals surface area contributed by atoms with E-state index in [1.54, 1.807) is 30.3 Å². The lowest BCUT2D eigenvalue weighted by atomic mass is 10.1. The van der Waals surface area contributed by atoms with E-state index in [9.17, 15) is 14.0 Å². The van der Waals surface area contributed by atoms with Crippen molar-refractivity contribution in [1.29, 1.82) is 0 Å². The topological polar surface area (TPSA) is 71.3 Å². The highest BCUT2D eigenvalue weighted by atomic mass is 32.2. The van der Waals surface area contributed by atoms with Crippen LogP contribution in [0.1, 0.15) is 11.3 Å². The first kappa shape index (κ1) is 16.6. The first-order chi connectivity index (χ1) is 11.6. The highest BCUT2D eigenvalue weighted by molar-refractivity contribution is 8.00. The third-order valence-electron chi connectivity index (χ3n) is 3.77. The minimum absolute atomic E-state index is 0.243. The maximum absolute atomic E-state index is 13.7. The van der Waals surface area contributed by atoms with Crippen LogP contribution in [-0.4, -0.2) is 28.9 Å². The SMILES string of the molecule is O=C1N[C@@H](C(=O)NCc2ccco2)CS[C@H]1Cc1ccccc1F. The largest absolute Gasteiger partial charge is 0.467 e. The summed E-state index contributed by atoms with van der Waals surface area (Å²) in [5, 5.41) is 5.05. The van der Waals surface area contributed by atoms with E-state index in [0.717, 1.165) is 0 Å². The van der Waals surface area contributed by atoms with Gasteiger partial charge < -0.3 is 15.1 Å². The van der Waals surface area contributed by atoms with Crippen molar-refractivity contribution in [1.82, 2.24) is 10.6 Å². The normalized spacial score (nSPS) is 20.5. The van der Waals surface area contributed by atoms with Crippen LogP contribution in [0.2, 0.25) is 0 Å². The van der Waals surface area contributed by atoms with E-state index in [0.29, 0.717) is 23.5 Å². The van der Waals surface area contributed by atoms with Crippen LogP contribution in [0.25, 0.3) is 0 Å². The van der Waals surface area contributed by atoms with Crippen LogP contribution < -0.4 is 10.6 Å². The molecule has 0 aliphatic carbocycles. The molecule has 0 saturated carbocycles. The standard InChI is InChI=1S/C17H17FN2O3S/c18-13-6-2-1-4-11(13)8-15-17(22)20-14(10-24-15)16(21)19-9-12-5-3-7-23-12/h1-7,14-15H,8-10H2,(H,19,21)(H,20,22)/t14-,15+/m1/s1. The molecule has 7 heteroatoms. The van der Waals surface area contributed by atoms with Crippen molar-refractivity contribution in [2.24, 2.45) is 0 Å². The van der Waals surface area contributed by atoms with Crippen molar-refractivity contribution >= 4 is 23.6 Å². The maximum Gasteiger partial charge on any atom is 0.243 e. The Bertz CT molecular complexity index is 720. The van der Waals surface area contributed by atoms with Crippen molar-refractivity contribution in [3.8, 4) is 0 Å². The summed E-state index contributed by atoms with van der Waals surface area (Å²) in [4.78, 5) is 24.3. The minimum atomic E-state index is -0.589. The van der Waals surface area contributed by atoms with Gasteiger partial charge in [-0.15, -0.1) is 11.8 Å². The van der Waals surface area contributed by atoms with Crippen LogP contribution in [0.4, 0.5) is 4.39 Å². The molecule has 0 spiro atoms. The van der Waals surface area contributed by atoms with Gasteiger partial charge in [0.05, 0.1) is 18.1 Å². The number of nitrogens with one attached hydrogen (secondary N) is 2. The van der Waals surface area contributed by atoms with Gasteiger partial charge in [-0.25, -0.2) is 4.39 Å². The van der Waals surface area contributed by atoms with E-state index in [1.165, 1.54) is 24.1 Å². The molecule has 2 N–H and O–H groups in total. The number of benzene rings is 1. The molecule has 1 fully saturated rings. The lowest BCUT2D eigenvalue weighted by Gasteiger charge is -2.28. The Kier molecular flexibility index (Phi) is 5.20. The van der Waals surface area contributed by atoms with E-state index in [1.807, 2.05) is 0 Å². The summed E-state index contributed by atoms with van der Waals surface area (Å²) in [6.45, 7) is 0.279. The molecular formula is C17H17FN2O3S. The molecule has 24 heavy (non-hydrogen) atoms. The van der Waals surface area contributed by atoms with Crippen LogP contribution in [0, 0.1) is 5.82 Å². The van der Waals surface area contributed by atoms with E-state index in [2.05, 4.69) is 10.6 Å². The number of thioether (sulfide) groups is 1. The Morgan fingerprint density at radius 2 is 2.17 bits per heavy atom. The molecule has 1 aliphatic rings. The van der Waals surface area contributed by atoms with Gasteiger partial charge in [-0.1, -0.05) is 18.2 Å². The Balaban J connectivity index is 1.52. The fraction of sp³-hybridized carbons (Fsp3) is 0.294. The highest BCUT2D eigenvalue weighted by Gasteiger charge is 2.32. The molecule has 1 aromatic carbocycles. The average Bonchev–Trinajstić information content (AvgIpc) is 3.10. The Morgan fingerprint density at radius 1 is 1.33 bits per heavy atom. The third-order valence-corrected chi connectivity index (χ3v) is 5.08. The van der Waals surface area contributed by atoms with Gasteiger partial charge in [0.25, 0.3) is 0 Å². The molecule has 1 aliphatic heterocycles. The molecule has 2 aromatic rings. The van der Waals surface area contributed by atoms with Gasteiger partial charge in [-0.2, -0.15) is 0 Å². The van der Waals surface area contributed by atoms with Gasteiger partial charge in [-0.05, 0) is 30.2 Å². The second kappa shape index (κ2) is 7.53. The lowest BCUT2D eigenvalue weighted by Crippen LogP contribution is -2.54. The average molecular weight is 348 g/mol. The third kappa shape index (κ3) is 3.97. The van der Waals surface area contributed by atoms with E-state index >= 15 is 0 Å². The molecule has 2 amide bonds. The van der Waals surface area contributed by atoms with Crippen molar-refractivity contribution in [2.75, 3.05) is 5.75 Å². The van der Waals surface area contributed by atoms with Gasteiger partial charge in [0.1, 0.15) is 17.6 Å². The first-order valence-electron chi connectivity index (χ1n) is 7.59. The Morgan fingerprint density at radius 3 is 2.88 bits per heavy atom. The van der Waals surface area contributed by atoms with Crippen LogP contribution in [0.15, 0.2) is 47.1 Å². The zero-order valence-electron chi connectivity index (χ0n) is 12.8. The van der Waals surface area contributed by atoms with Gasteiger partial charge in [-0.3, -0.25) is 9.59 Å². The maximum atomic E-state index is 13.7. The number of hydrogen-bond acceptors (Lipinski definition) is 4. The number of carbonyl (C=O) groups excluding carboxylic acids is 2. The summed E-state index contributed by atoms with van der Waals surface area (Å²) < 4.78 is 18.8. The van der Waals surface area contributed by atoms with Crippen molar-refractivity contribution in [3.63, 3.8) is 0 Å². The predicted octanol–water partition coefficient (Wildman–Crippen LogP) is 1.88. The molecule has 0 unspecified atom stereocenters. The molecule has 0 radical (unpaired) electrons. The molecule has 5 nitrogen and oxygen atoms in total. The van der Waals surface area contributed by atoms with Crippen LogP contribution in [-0.2, 0) is 22.6 Å².